The van der Waals surface area contributed by atoms with Crippen LogP contribution in [-0.2, 0) is 13.0 Å². The highest BCUT2D eigenvalue weighted by atomic mass is 32.1. The number of benzene rings is 2. The van der Waals surface area contributed by atoms with Gasteiger partial charge in [-0.25, -0.2) is 9.97 Å². The number of halogens is 3. The number of imidazole rings is 1. The van der Waals surface area contributed by atoms with Gasteiger partial charge >= 0.3 is 6.36 Å². The van der Waals surface area contributed by atoms with Gasteiger partial charge in [0, 0.05) is 37.1 Å². The number of nitrogens with zero attached hydrogens (tertiary/aromatic N) is 4. The van der Waals surface area contributed by atoms with E-state index in [-0.39, 0.29) is 11.7 Å². The lowest BCUT2D eigenvalue weighted by Gasteiger charge is -2.19. The van der Waals surface area contributed by atoms with Crippen molar-refractivity contribution in [1.82, 2.24) is 19.7 Å². The van der Waals surface area contributed by atoms with Crippen LogP contribution in [0.15, 0.2) is 66.2 Å². The van der Waals surface area contributed by atoms with Crippen LogP contribution < -0.4 is 15.0 Å². The molecule has 3 aromatic heterocycles. The maximum absolute atomic E-state index is 12.8. The summed E-state index contributed by atoms with van der Waals surface area (Å²) in [6.07, 6.45) is -2.22. The Balaban J connectivity index is 1.19. The zero-order valence-corrected chi connectivity index (χ0v) is 21.4. The Bertz CT molecular complexity index is 1590. The summed E-state index contributed by atoms with van der Waals surface area (Å²) in [5, 5.41) is 5.83. The third-order valence-electron chi connectivity index (χ3n) is 6.13. The number of fused-ring (bicyclic) bond motifs is 2. The first kappa shape index (κ1) is 25.5. The SMILES string of the molecule is Cc1nc2sccn2c1C(=O)NCc1ccc2nc(N(C)CCc3ccc(OC(F)(F)F)cc3)ccc2c1. The molecule has 11 heteroatoms. The summed E-state index contributed by atoms with van der Waals surface area (Å²) in [6.45, 7) is 2.84. The number of likely N-dealkylation sites (N-methyl/N-ethyl adjacent to an activating group) is 1. The topological polar surface area (TPSA) is 71.8 Å². The molecule has 38 heavy (non-hydrogen) atoms. The van der Waals surface area contributed by atoms with Gasteiger partial charge in [-0.15, -0.1) is 24.5 Å². The summed E-state index contributed by atoms with van der Waals surface area (Å²) in [5.41, 5.74) is 3.91. The first-order valence-electron chi connectivity index (χ1n) is 11.8. The second-order valence-electron chi connectivity index (χ2n) is 8.84. The molecule has 0 bridgehead atoms. The highest BCUT2D eigenvalue weighted by molar-refractivity contribution is 7.15. The lowest BCUT2D eigenvalue weighted by molar-refractivity contribution is -0.274. The van der Waals surface area contributed by atoms with E-state index < -0.39 is 6.36 Å². The lowest BCUT2D eigenvalue weighted by atomic mass is 10.1. The van der Waals surface area contributed by atoms with E-state index in [0.29, 0.717) is 30.9 Å². The maximum atomic E-state index is 12.8. The predicted molar refractivity (Wildman–Crippen MR) is 141 cm³/mol. The number of ether oxygens (including phenoxy) is 1. The van der Waals surface area contributed by atoms with Crippen LogP contribution in [0.5, 0.6) is 5.75 Å². The number of thiazole rings is 1. The minimum absolute atomic E-state index is 0.175. The number of hydrogen-bond donors (Lipinski definition) is 1. The van der Waals surface area contributed by atoms with E-state index in [1.807, 2.05) is 60.8 Å². The van der Waals surface area contributed by atoms with E-state index >= 15 is 0 Å². The molecule has 0 fully saturated rings. The highest BCUT2D eigenvalue weighted by Gasteiger charge is 2.30. The Labute approximate surface area is 220 Å². The van der Waals surface area contributed by atoms with Crippen LogP contribution in [0.1, 0.15) is 27.3 Å². The predicted octanol–water partition coefficient (Wildman–Crippen LogP) is 5.76. The number of carbonyl (C=O) groups excluding carboxylic acids is 1. The molecule has 0 aliphatic carbocycles. The molecule has 0 aliphatic heterocycles. The second-order valence-corrected chi connectivity index (χ2v) is 9.72. The molecule has 196 valence electrons. The number of carbonyl (C=O) groups is 1. The van der Waals surface area contributed by atoms with Gasteiger partial charge in [-0.3, -0.25) is 9.20 Å². The highest BCUT2D eigenvalue weighted by Crippen LogP contribution is 2.24. The van der Waals surface area contributed by atoms with E-state index in [2.05, 4.69) is 15.0 Å². The molecule has 5 aromatic rings. The zero-order valence-electron chi connectivity index (χ0n) is 20.6. The minimum Gasteiger partial charge on any atom is -0.406 e. The Morgan fingerprint density at radius 1 is 1.08 bits per heavy atom. The molecule has 0 aliphatic rings. The Morgan fingerprint density at radius 2 is 1.84 bits per heavy atom. The number of aromatic nitrogens is 3. The summed E-state index contributed by atoms with van der Waals surface area (Å²) < 4.78 is 42.7. The molecule has 0 spiro atoms. The van der Waals surface area contributed by atoms with Crippen molar-refractivity contribution in [3.8, 4) is 5.75 Å². The van der Waals surface area contributed by atoms with Crippen molar-refractivity contribution >= 4 is 38.9 Å². The lowest BCUT2D eigenvalue weighted by Crippen LogP contribution is -2.24. The molecule has 0 saturated heterocycles. The van der Waals surface area contributed by atoms with Gasteiger partial charge in [0.05, 0.1) is 11.2 Å². The van der Waals surface area contributed by atoms with E-state index in [9.17, 15) is 18.0 Å². The summed E-state index contributed by atoms with van der Waals surface area (Å²) in [7, 11) is 1.92. The summed E-state index contributed by atoms with van der Waals surface area (Å²) in [4.78, 5) is 24.7. The van der Waals surface area contributed by atoms with Crippen molar-refractivity contribution in [2.75, 3.05) is 18.5 Å². The summed E-state index contributed by atoms with van der Waals surface area (Å²) >= 11 is 1.49. The third-order valence-corrected chi connectivity index (χ3v) is 6.88. The quantitative estimate of drug-likeness (QED) is 0.272. The van der Waals surface area contributed by atoms with E-state index in [0.717, 1.165) is 32.8 Å². The van der Waals surface area contributed by atoms with Crippen LogP contribution in [0.2, 0.25) is 0 Å². The Hall–Kier alpha value is -4.12. The monoisotopic (exact) mass is 539 g/mol. The van der Waals surface area contributed by atoms with Crippen LogP contribution in [-0.4, -0.2) is 40.2 Å². The van der Waals surface area contributed by atoms with Crippen molar-refractivity contribution < 1.29 is 22.7 Å². The van der Waals surface area contributed by atoms with Crippen molar-refractivity contribution in [3.63, 3.8) is 0 Å². The van der Waals surface area contributed by atoms with Crippen molar-refractivity contribution in [2.24, 2.45) is 0 Å². The van der Waals surface area contributed by atoms with Crippen LogP contribution in [0.4, 0.5) is 19.0 Å². The van der Waals surface area contributed by atoms with E-state index in [4.69, 9.17) is 4.98 Å². The first-order valence-corrected chi connectivity index (χ1v) is 12.7. The van der Waals surface area contributed by atoms with E-state index in [1.165, 1.54) is 23.5 Å². The number of amides is 1. The molecule has 2 aromatic carbocycles. The van der Waals surface area contributed by atoms with Gasteiger partial charge < -0.3 is 15.0 Å². The molecule has 3 heterocycles. The zero-order chi connectivity index (χ0) is 26.9. The number of rotatable bonds is 8. The van der Waals surface area contributed by atoms with E-state index in [1.54, 1.807) is 16.5 Å². The van der Waals surface area contributed by atoms with Gasteiger partial charge in [-0.2, -0.15) is 0 Å². The van der Waals surface area contributed by atoms with Gasteiger partial charge in [0.2, 0.25) is 0 Å². The number of alkyl halides is 3. The van der Waals surface area contributed by atoms with Crippen LogP contribution in [0.25, 0.3) is 15.9 Å². The number of aryl methyl sites for hydroxylation is 1. The van der Waals surface area contributed by atoms with Gasteiger partial charge in [0.15, 0.2) is 4.96 Å². The summed E-state index contributed by atoms with van der Waals surface area (Å²) in [6, 6.07) is 15.7. The number of anilines is 1. The average molecular weight is 540 g/mol. The normalized spacial score (nSPS) is 11.7. The number of hydrogen-bond acceptors (Lipinski definition) is 6. The molecule has 1 N–H and O–H groups in total. The summed E-state index contributed by atoms with van der Waals surface area (Å²) in [5.74, 6) is 0.374. The minimum atomic E-state index is -4.70. The molecular formula is C27H24F3N5O2S. The second kappa shape index (κ2) is 10.3. The van der Waals surface area contributed by atoms with Crippen LogP contribution in [0, 0.1) is 6.92 Å². The number of nitrogens with one attached hydrogen (secondary N) is 1. The van der Waals surface area contributed by atoms with Crippen LogP contribution in [0.3, 0.4) is 0 Å². The molecule has 0 radical (unpaired) electrons. The molecule has 0 saturated carbocycles. The molecule has 7 nitrogen and oxygen atoms in total. The molecule has 1 amide bonds. The number of pyridine rings is 1. The maximum Gasteiger partial charge on any atom is 0.573 e. The molecule has 5 rings (SSSR count). The molecule has 0 atom stereocenters. The van der Waals surface area contributed by atoms with Crippen molar-refractivity contribution in [3.05, 3.63) is 88.7 Å². The Morgan fingerprint density at radius 3 is 2.61 bits per heavy atom. The fourth-order valence-corrected chi connectivity index (χ4v) is 4.95. The van der Waals surface area contributed by atoms with Gasteiger partial charge in [0.25, 0.3) is 5.91 Å². The van der Waals surface area contributed by atoms with Gasteiger partial charge in [-0.1, -0.05) is 18.2 Å². The average Bonchev–Trinajstić information content (AvgIpc) is 3.45. The van der Waals surface area contributed by atoms with Crippen molar-refractivity contribution in [2.45, 2.75) is 26.3 Å². The fraction of sp³-hybridized carbons (Fsp3) is 0.222. The fourth-order valence-electron chi connectivity index (χ4n) is 4.19. The van der Waals surface area contributed by atoms with Gasteiger partial charge in [-0.05, 0) is 60.9 Å². The van der Waals surface area contributed by atoms with Gasteiger partial charge in [0.1, 0.15) is 17.3 Å². The largest absolute Gasteiger partial charge is 0.573 e. The third kappa shape index (κ3) is 5.72. The van der Waals surface area contributed by atoms with Crippen molar-refractivity contribution in [1.29, 1.82) is 0 Å². The standard InChI is InChI=1S/C27H24F3N5O2S/c1-17-24(35-13-14-38-26(35)32-17)25(36)31-16-19-5-9-22-20(15-19)6-10-23(33-22)34(2)12-11-18-3-7-21(8-4-18)37-27(28,29)30/h3-10,13-15H,11-12,16H2,1-2H3,(H,31,36). The molecule has 0 unspecified atom stereocenters. The molecular weight excluding hydrogens is 515 g/mol. The smallest absolute Gasteiger partial charge is 0.406 e. The van der Waals surface area contributed by atoms with Crippen LogP contribution >= 0.6 is 11.3 Å². The first-order chi connectivity index (χ1) is 18.2. The Kier molecular flexibility index (Phi) is 6.94.